The molecule has 0 atom stereocenters. The summed E-state index contributed by atoms with van der Waals surface area (Å²) in [5, 5.41) is 12.3. The lowest BCUT2D eigenvalue weighted by molar-refractivity contribution is 0.476. The Labute approximate surface area is 176 Å². The third-order valence-electron chi connectivity index (χ3n) is 6.00. The van der Waals surface area contributed by atoms with Gasteiger partial charge in [0.25, 0.3) is 0 Å². The number of hydrogen-bond donors (Lipinski definition) is 1. The Bertz CT molecular complexity index is 1830. The minimum Gasteiger partial charge on any atom is -0.508 e. The van der Waals surface area contributed by atoms with Crippen molar-refractivity contribution in [3.05, 3.63) is 72.9 Å². The zero-order chi connectivity index (χ0) is 20.7. The number of para-hydroxylation sites is 2. The Morgan fingerprint density at radius 2 is 1.77 bits per heavy atom. The van der Waals surface area contributed by atoms with Crippen LogP contribution in [-0.4, -0.2) is 31.9 Å². The second-order valence-electron chi connectivity index (χ2n) is 7.81. The van der Waals surface area contributed by atoms with Gasteiger partial charge in [0.15, 0.2) is 11.4 Å². The second-order valence-corrected chi connectivity index (χ2v) is 7.81. The molecule has 0 unspecified atom stereocenters. The van der Waals surface area contributed by atoms with E-state index in [1.54, 1.807) is 18.3 Å². The minimum atomic E-state index is 0.187. The summed E-state index contributed by atoms with van der Waals surface area (Å²) in [6.07, 6.45) is 1.79. The molecule has 4 heterocycles. The maximum atomic E-state index is 10.3. The average molecular weight is 402 g/mol. The zero-order valence-electron chi connectivity index (χ0n) is 16.6. The van der Waals surface area contributed by atoms with E-state index in [9.17, 15) is 5.11 Å². The van der Waals surface area contributed by atoms with Crippen LogP contribution in [0, 0.1) is 0 Å². The fraction of sp³-hybridized carbons (Fsp3) is 0. The van der Waals surface area contributed by atoms with Crippen molar-refractivity contribution >= 4 is 63.1 Å². The van der Waals surface area contributed by atoms with Crippen LogP contribution in [0.5, 0.6) is 5.75 Å². The van der Waals surface area contributed by atoms with Gasteiger partial charge in [0.2, 0.25) is 5.78 Å². The molecule has 6 nitrogen and oxygen atoms in total. The van der Waals surface area contributed by atoms with Gasteiger partial charge in [0.05, 0.1) is 22.1 Å². The van der Waals surface area contributed by atoms with E-state index in [-0.39, 0.29) is 5.75 Å². The molecule has 0 aliphatic heterocycles. The molecule has 0 aliphatic rings. The molecule has 0 amide bonds. The highest BCUT2D eigenvalue weighted by Gasteiger charge is 2.22. The van der Waals surface area contributed by atoms with Crippen molar-refractivity contribution in [3.8, 4) is 11.6 Å². The zero-order valence-corrected chi connectivity index (χ0v) is 16.6. The first-order valence-corrected chi connectivity index (χ1v) is 10.1. The third kappa shape index (κ3) is 2.07. The van der Waals surface area contributed by atoms with Crippen LogP contribution in [0.1, 0.15) is 0 Å². The fourth-order valence-electron chi connectivity index (χ4n) is 4.61. The van der Waals surface area contributed by atoms with E-state index in [0.717, 1.165) is 49.7 Å². The van der Waals surface area contributed by atoms with Gasteiger partial charge in [-0.15, -0.1) is 0 Å². The van der Waals surface area contributed by atoms with Gasteiger partial charge in [-0.25, -0.2) is 9.97 Å². The molecule has 0 bridgehead atoms. The lowest BCUT2D eigenvalue weighted by Crippen LogP contribution is -2.03. The molecule has 0 aliphatic carbocycles. The molecule has 1 N–H and O–H groups in total. The molecule has 146 valence electrons. The number of rotatable bonds is 1. The van der Waals surface area contributed by atoms with E-state index in [2.05, 4.69) is 24.4 Å². The average Bonchev–Trinajstić information content (AvgIpc) is 3.43. The predicted octanol–water partition coefficient (Wildman–Crippen LogP) is 3.69. The summed E-state index contributed by atoms with van der Waals surface area (Å²) >= 11 is 0. The van der Waals surface area contributed by atoms with Crippen LogP contribution in [0.2, 0.25) is 0 Å². The summed E-state index contributed by atoms with van der Waals surface area (Å²) in [6, 6.07) is 21.5. The van der Waals surface area contributed by atoms with Crippen LogP contribution in [0.4, 0.5) is 0 Å². The molecule has 4 aromatic heterocycles. The number of phenolic OH excluding ortho intramolecular Hbond substituents is 1. The van der Waals surface area contributed by atoms with E-state index < -0.39 is 0 Å². The van der Waals surface area contributed by atoms with Crippen LogP contribution in [0.25, 0.3) is 55.6 Å². The third-order valence-corrected chi connectivity index (χ3v) is 6.00. The van der Waals surface area contributed by atoms with Crippen molar-refractivity contribution in [3.63, 3.8) is 0 Å². The predicted molar refractivity (Wildman–Crippen MR) is 124 cm³/mol. The molecule has 0 radical (unpaired) electrons. The SMILES string of the molecule is Bc1cccc2c1nc1n(-c3nccc4c3oc3ccccc34)c3cc(O)ccc3n21. The van der Waals surface area contributed by atoms with Crippen LogP contribution < -0.4 is 5.46 Å². The van der Waals surface area contributed by atoms with Gasteiger partial charge in [-0.3, -0.25) is 8.97 Å². The maximum Gasteiger partial charge on any atom is 0.222 e. The number of furan rings is 1. The number of phenols is 1. The van der Waals surface area contributed by atoms with Gasteiger partial charge < -0.3 is 9.52 Å². The maximum absolute atomic E-state index is 10.3. The number of aromatic hydroxyl groups is 1. The normalized spacial score (nSPS) is 12.1. The molecule has 31 heavy (non-hydrogen) atoms. The van der Waals surface area contributed by atoms with Gasteiger partial charge in [0.1, 0.15) is 19.2 Å². The summed E-state index contributed by atoms with van der Waals surface area (Å²) in [4.78, 5) is 9.68. The van der Waals surface area contributed by atoms with Crippen LogP contribution in [0.15, 0.2) is 77.3 Å². The lowest BCUT2D eigenvalue weighted by atomic mass is 9.95. The molecule has 0 fully saturated rings. The highest BCUT2D eigenvalue weighted by atomic mass is 16.3. The number of pyridine rings is 1. The monoisotopic (exact) mass is 402 g/mol. The first-order chi connectivity index (χ1) is 15.2. The smallest absolute Gasteiger partial charge is 0.222 e. The van der Waals surface area contributed by atoms with E-state index >= 15 is 0 Å². The highest BCUT2D eigenvalue weighted by Crippen LogP contribution is 2.35. The molecule has 7 heteroatoms. The Kier molecular flexibility index (Phi) is 3.02. The summed E-state index contributed by atoms with van der Waals surface area (Å²) in [5.41, 5.74) is 6.32. The molecule has 3 aromatic carbocycles. The standard InChI is InChI=1S/C24H15BN4O2/c25-16-5-3-6-18-21(16)27-24-28(18)17-9-8-13(30)12-19(17)29(24)23-22-15(10-11-26-23)14-4-1-2-7-20(14)31-22/h1-12,30H,25H2. The summed E-state index contributed by atoms with van der Waals surface area (Å²) in [7, 11) is 2.06. The molecule has 7 aromatic rings. The van der Waals surface area contributed by atoms with Gasteiger partial charge in [0, 0.05) is 23.0 Å². The Hall–Kier alpha value is -4.26. The first-order valence-electron chi connectivity index (χ1n) is 10.1. The van der Waals surface area contributed by atoms with Crippen molar-refractivity contribution in [1.29, 1.82) is 0 Å². The summed E-state index contributed by atoms with van der Waals surface area (Å²) < 4.78 is 10.3. The summed E-state index contributed by atoms with van der Waals surface area (Å²) in [5.74, 6) is 1.56. The van der Waals surface area contributed by atoms with Crippen LogP contribution >= 0.6 is 0 Å². The van der Waals surface area contributed by atoms with E-state index in [1.807, 2.05) is 47.0 Å². The van der Waals surface area contributed by atoms with Gasteiger partial charge in [-0.1, -0.05) is 35.8 Å². The van der Waals surface area contributed by atoms with E-state index in [4.69, 9.17) is 14.4 Å². The number of benzene rings is 3. The quantitative estimate of drug-likeness (QED) is 0.426. The Morgan fingerprint density at radius 1 is 0.871 bits per heavy atom. The van der Waals surface area contributed by atoms with Crippen molar-refractivity contribution < 1.29 is 9.52 Å². The van der Waals surface area contributed by atoms with E-state index in [1.165, 1.54) is 0 Å². The summed E-state index contributed by atoms with van der Waals surface area (Å²) in [6.45, 7) is 0. The highest BCUT2D eigenvalue weighted by molar-refractivity contribution is 6.38. The number of nitrogens with zero attached hydrogens (tertiary/aromatic N) is 4. The topological polar surface area (TPSA) is 68.5 Å². The van der Waals surface area contributed by atoms with Gasteiger partial charge >= 0.3 is 0 Å². The number of fused-ring (bicyclic) bond motifs is 8. The molecule has 7 rings (SSSR count). The number of imidazole rings is 2. The van der Waals surface area contributed by atoms with Gasteiger partial charge in [-0.05, 0) is 30.3 Å². The molecule has 0 saturated heterocycles. The Balaban J connectivity index is 1.72. The Morgan fingerprint density at radius 3 is 2.71 bits per heavy atom. The van der Waals surface area contributed by atoms with Crippen molar-refractivity contribution in [2.45, 2.75) is 0 Å². The first kappa shape index (κ1) is 16.5. The van der Waals surface area contributed by atoms with Crippen molar-refractivity contribution in [2.75, 3.05) is 0 Å². The lowest BCUT2D eigenvalue weighted by Gasteiger charge is -2.05. The molecular formula is C24H15BN4O2. The van der Waals surface area contributed by atoms with Crippen LogP contribution in [0.3, 0.4) is 0 Å². The molecule has 0 spiro atoms. The molecule has 0 saturated carbocycles. The van der Waals surface area contributed by atoms with Gasteiger partial charge in [-0.2, -0.15) is 0 Å². The number of hydrogen-bond acceptors (Lipinski definition) is 4. The van der Waals surface area contributed by atoms with Crippen molar-refractivity contribution in [2.24, 2.45) is 0 Å². The molecular weight excluding hydrogens is 387 g/mol. The van der Waals surface area contributed by atoms with E-state index in [0.29, 0.717) is 11.4 Å². The fourth-order valence-corrected chi connectivity index (χ4v) is 4.61. The largest absolute Gasteiger partial charge is 0.508 e. The van der Waals surface area contributed by atoms with Crippen LogP contribution in [-0.2, 0) is 0 Å². The minimum absolute atomic E-state index is 0.187. The number of aromatic nitrogens is 4. The second kappa shape index (κ2) is 5.67. The van der Waals surface area contributed by atoms with Crippen molar-refractivity contribution in [1.82, 2.24) is 18.9 Å².